The topological polar surface area (TPSA) is 66.4 Å². The Bertz CT molecular complexity index is 731. The molecule has 152 valence electrons. The van der Waals surface area contributed by atoms with Crippen molar-refractivity contribution < 1.29 is 13.2 Å². The first kappa shape index (κ1) is 19.5. The number of benzene rings is 1. The third kappa shape index (κ3) is 3.82. The molecule has 3 N–H and O–H groups in total. The molecule has 3 saturated heterocycles. The molecule has 1 aromatic rings. The number of likely N-dealkylation sites (tertiary alicyclic amines) is 1. The third-order valence-corrected chi connectivity index (χ3v) is 6.18. The first-order valence-electron chi connectivity index (χ1n) is 9.66. The Balaban J connectivity index is 1.57. The average molecular weight is 394 g/mol. The number of hydrazine groups is 1. The van der Waals surface area contributed by atoms with Crippen molar-refractivity contribution in [2.24, 2.45) is 5.92 Å². The number of nitrogens with one attached hydrogen (secondary N) is 3. The molecule has 1 aromatic carbocycles. The molecule has 0 aromatic heterocycles. The SMILES string of the molecule is CN1CCC(C2NC(c3ccc(C(F)(F)F)cc3)NC3CN(C#N)CCC32)N1. The van der Waals surface area contributed by atoms with E-state index < -0.39 is 11.7 Å². The Morgan fingerprint density at radius 1 is 1.07 bits per heavy atom. The fraction of sp³-hybridized carbons (Fsp3) is 0.632. The molecular weight excluding hydrogens is 369 g/mol. The van der Waals surface area contributed by atoms with Crippen LogP contribution in [0, 0.1) is 17.4 Å². The van der Waals surface area contributed by atoms with Crippen molar-refractivity contribution in [3.8, 4) is 6.19 Å². The Labute approximate surface area is 162 Å². The molecular formula is C19H25F3N6. The van der Waals surface area contributed by atoms with Gasteiger partial charge in [0.25, 0.3) is 0 Å². The molecule has 3 fully saturated rings. The number of nitriles is 1. The molecule has 0 bridgehead atoms. The van der Waals surface area contributed by atoms with E-state index in [1.807, 2.05) is 7.05 Å². The number of hydrogen-bond donors (Lipinski definition) is 3. The molecule has 3 aliphatic heterocycles. The van der Waals surface area contributed by atoms with Crippen molar-refractivity contribution in [1.82, 2.24) is 26.0 Å². The van der Waals surface area contributed by atoms with Gasteiger partial charge in [0, 0.05) is 44.8 Å². The lowest BCUT2D eigenvalue weighted by molar-refractivity contribution is -0.137. The first-order chi connectivity index (χ1) is 13.3. The van der Waals surface area contributed by atoms with Crippen LogP contribution in [0.25, 0.3) is 0 Å². The summed E-state index contributed by atoms with van der Waals surface area (Å²) in [6.45, 7) is 2.33. The maximum Gasteiger partial charge on any atom is 0.416 e. The quantitative estimate of drug-likeness (QED) is 0.663. The van der Waals surface area contributed by atoms with Crippen LogP contribution in [0.5, 0.6) is 0 Å². The summed E-state index contributed by atoms with van der Waals surface area (Å²) in [6, 6.07) is 5.89. The van der Waals surface area contributed by atoms with Crippen LogP contribution in [0.15, 0.2) is 24.3 Å². The van der Waals surface area contributed by atoms with E-state index in [4.69, 9.17) is 0 Å². The first-order valence-corrected chi connectivity index (χ1v) is 9.66. The molecule has 28 heavy (non-hydrogen) atoms. The van der Waals surface area contributed by atoms with Crippen LogP contribution in [-0.2, 0) is 6.18 Å². The summed E-state index contributed by atoms with van der Waals surface area (Å²) in [5.74, 6) is 0.360. The molecule has 0 saturated carbocycles. The second kappa shape index (κ2) is 7.52. The minimum absolute atomic E-state index is 0.111. The lowest BCUT2D eigenvalue weighted by Crippen LogP contribution is -2.68. The standard InChI is InChI=1S/C19H25F3N6/c1-27-8-7-15(26-27)17-14-6-9-28(11-23)10-16(14)24-18(25-17)12-2-4-13(5-3-12)19(20,21)22/h2-5,14-18,24-26H,6-10H2,1H3. The Hall–Kier alpha value is -1.86. The zero-order valence-corrected chi connectivity index (χ0v) is 15.7. The normalized spacial score (nSPS) is 34.1. The van der Waals surface area contributed by atoms with E-state index >= 15 is 0 Å². The fourth-order valence-corrected chi connectivity index (χ4v) is 4.72. The summed E-state index contributed by atoms with van der Waals surface area (Å²) in [4.78, 5) is 1.76. The second-order valence-electron chi connectivity index (χ2n) is 7.96. The molecule has 5 atom stereocenters. The highest BCUT2D eigenvalue weighted by molar-refractivity contribution is 5.27. The largest absolute Gasteiger partial charge is 0.416 e. The van der Waals surface area contributed by atoms with Gasteiger partial charge in [-0.2, -0.15) is 18.4 Å². The minimum atomic E-state index is -4.34. The summed E-state index contributed by atoms with van der Waals surface area (Å²) in [5.41, 5.74) is 3.63. The minimum Gasteiger partial charge on any atom is -0.309 e. The summed E-state index contributed by atoms with van der Waals surface area (Å²) < 4.78 is 38.7. The lowest BCUT2D eigenvalue weighted by Gasteiger charge is -2.49. The van der Waals surface area contributed by atoms with Gasteiger partial charge in [0.15, 0.2) is 6.19 Å². The molecule has 0 radical (unpaired) electrons. The van der Waals surface area contributed by atoms with Gasteiger partial charge in [0.1, 0.15) is 0 Å². The zero-order chi connectivity index (χ0) is 19.9. The van der Waals surface area contributed by atoms with Crippen molar-refractivity contribution >= 4 is 0 Å². The lowest BCUT2D eigenvalue weighted by atomic mass is 9.79. The highest BCUT2D eigenvalue weighted by atomic mass is 19.4. The Morgan fingerprint density at radius 2 is 1.82 bits per heavy atom. The average Bonchev–Trinajstić information content (AvgIpc) is 3.12. The van der Waals surface area contributed by atoms with E-state index in [0.717, 1.165) is 43.6 Å². The van der Waals surface area contributed by atoms with Crippen LogP contribution in [0.3, 0.4) is 0 Å². The smallest absolute Gasteiger partial charge is 0.309 e. The predicted molar refractivity (Wildman–Crippen MR) is 97.5 cm³/mol. The maximum atomic E-state index is 12.9. The van der Waals surface area contributed by atoms with Gasteiger partial charge in [0.05, 0.1) is 11.7 Å². The monoisotopic (exact) mass is 394 g/mol. The molecule has 0 amide bonds. The van der Waals surface area contributed by atoms with Gasteiger partial charge in [-0.3, -0.25) is 16.1 Å². The van der Waals surface area contributed by atoms with E-state index in [2.05, 4.69) is 27.3 Å². The highest BCUT2D eigenvalue weighted by Crippen LogP contribution is 2.34. The molecule has 3 heterocycles. The van der Waals surface area contributed by atoms with Gasteiger partial charge >= 0.3 is 6.18 Å². The zero-order valence-electron chi connectivity index (χ0n) is 15.7. The molecule has 5 unspecified atom stereocenters. The van der Waals surface area contributed by atoms with Crippen molar-refractivity contribution in [3.63, 3.8) is 0 Å². The van der Waals surface area contributed by atoms with Crippen LogP contribution >= 0.6 is 0 Å². The van der Waals surface area contributed by atoms with E-state index in [0.29, 0.717) is 12.5 Å². The van der Waals surface area contributed by atoms with E-state index in [-0.39, 0.29) is 24.3 Å². The van der Waals surface area contributed by atoms with Gasteiger partial charge in [-0.15, -0.1) is 0 Å². The van der Waals surface area contributed by atoms with Crippen molar-refractivity contribution in [2.45, 2.75) is 43.3 Å². The predicted octanol–water partition coefficient (Wildman–Crippen LogP) is 1.65. The van der Waals surface area contributed by atoms with Crippen LogP contribution in [0.1, 0.15) is 30.1 Å². The summed E-state index contributed by atoms with van der Waals surface area (Å²) in [6.07, 6.45) is -0.437. The van der Waals surface area contributed by atoms with Gasteiger partial charge in [-0.25, -0.2) is 5.01 Å². The van der Waals surface area contributed by atoms with Crippen molar-refractivity contribution in [2.75, 3.05) is 26.7 Å². The van der Waals surface area contributed by atoms with Crippen LogP contribution in [0.2, 0.25) is 0 Å². The molecule has 0 spiro atoms. The van der Waals surface area contributed by atoms with E-state index in [1.54, 1.807) is 4.90 Å². The number of fused-ring (bicyclic) bond motifs is 1. The number of hydrogen-bond acceptors (Lipinski definition) is 6. The van der Waals surface area contributed by atoms with Gasteiger partial charge < -0.3 is 4.90 Å². The van der Waals surface area contributed by atoms with E-state index in [9.17, 15) is 18.4 Å². The van der Waals surface area contributed by atoms with Crippen LogP contribution in [-0.4, -0.2) is 54.7 Å². The Morgan fingerprint density at radius 3 is 2.43 bits per heavy atom. The summed E-state index contributed by atoms with van der Waals surface area (Å²) >= 11 is 0. The maximum absolute atomic E-state index is 12.9. The fourth-order valence-electron chi connectivity index (χ4n) is 4.72. The third-order valence-electron chi connectivity index (χ3n) is 6.18. The Kier molecular flexibility index (Phi) is 5.22. The van der Waals surface area contributed by atoms with Crippen LogP contribution in [0.4, 0.5) is 13.2 Å². The number of alkyl halides is 3. The van der Waals surface area contributed by atoms with Gasteiger partial charge in [-0.05, 0) is 36.5 Å². The molecule has 3 aliphatic rings. The second-order valence-corrected chi connectivity index (χ2v) is 7.96. The van der Waals surface area contributed by atoms with Crippen molar-refractivity contribution in [3.05, 3.63) is 35.4 Å². The van der Waals surface area contributed by atoms with Gasteiger partial charge in [-0.1, -0.05) is 12.1 Å². The number of nitrogens with zero attached hydrogens (tertiary/aromatic N) is 3. The number of rotatable bonds is 2. The molecule has 0 aliphatic carbocycles. The van der Waals surface area contributed by atoms with Gasteiger partial charge in [0.2, 0.25) is 0 Å². The molecule has 9 heteroatoms. The summed E-state index contributed by atoms with van der Waals surface area (Å²) in [7, 11) is 2.02. The van der Waals surface area contributed by atoms with Crippen LogP contribution < -0.4 is 16.1 Å². The number of halogens is 3. The van der Waals surface area contributed by atoms with Crippen molar-refractivity contribution in [1.29, 1.82) is 5.26 Å². The number of piperidine rings is 1. The molecule has 4 rings (SSSR count). The summed E-state index contributed by atoms with van der Waals surface area (Å²) in [5, 5.41) is 18.5. The highest BCUT2D eigenvalue weighted by Gasteiger charge is 2.45. The van der Waals surface area contributed by atoms with E-state index in [1.165, 1.54) is 12.1 Å². The molecule has 6 nitrogen and oxygen atoms in total.